The van der Waals surface area contributed by atoms with Crippen molar-refractivity contribution in [2.24, 2.45) is 5.73 Å². The van der Waals surface area contributed by atoms with Crippen molar-refractivity contribution in [2.45, 2.75) is 77.8 Å². The molecule has 248 valence electrons. The quantitative estimate of drug-likeness (QED) is 0.142. The van der Waals surface area contributed by atoms with E-state index in [-0.39, 0.29) is 67.1 Å². The van der Waals surface area contributed by atoms with Crippen molar-refractivity contribution in [3.05, 3.63) is 75.5 Å². The minimum atomic E-state index is -1.44. The Morgan fingerprint density at radius 2 is 1.85 bits per heavy atom. The summed E-state index contributed by atoms with van der Waals surface area (Å²) in [6, 6.07) is 7.32. The Morgan fingerprint density at radius 3 is 2.48 bits per heavy atom. The second-order valence-corrected chi connectivity index (χ2v) is 13.1. The van der Waals surface area contributed by atoms with Crippen LogP contribution in [0.3, 0.4) is 0 Å². The van der Waals surface area contributed by atoms with Gasteiger partial charge in [0.2, 0.25) is 0 Å². The second-order valence-electron chi connectivity index (χ2n) is 11.2. The topological polar surface area (TPSA) is 103 Å². The van der Waals surface area contributed by atoms with Crippen LogP contribution < -0.4 is 15.8 Å². The van der Waals surface area contributed by atoms with E-state index < -0.39 is 11.6 Å². The predicted octanol–water partition coefficient (Wildman–Crippen LogP) is 9.02. The van der Waals surface area contributed by atoms with E-state index in [4.69, 9.17) is 32.9 Å². The number of halogens is 3. The Bertz CT molecular complexity index is 1650. The van der Waals surface area contributed by atoms with Gasteiger partial charge >= 0.3 is 0 Å². The third-order valence-electron chi connectivity index (χ3n) is 7.86. The van der Waals surface area contributed by atoms with E-state index in [9.17, 15) is 4.79 Å². The van der Waals surface area contributed by atoms with E-state index in [2.05, 4.69) is 41.8 Å². The molecule has 0 radical (unpaired) electrons. The molecule has 2 aliphatic rings. The summed E-state index contributed by atoms with van der Waals surface area (Å²) in [5.41, 5.74) is 8.02. The Labute approximate surface area is 310 Å². The van der Waals surface area contributed by atoms with Gasteiger partial charge in [0.15, 0.2) is 0 Å². The molecular formula is C34H43Cl2FN5O2SU-. The van der Waals surface area contributed by atoms with Crippen LogP contribution in [0.15, 0.2) is 30.5 Å². The summed E-state index contributed by atoms with van der Waals surface area (Å²) < 4.78 is 22.8. The number of hydrogen-bond donors (Lipinski definition) is 2. The van der Waals surface area contributed by atoms with Crippen LogP contribution in [-0.4, -0.2) is 46.7 Å². The Kier molecular flexibility index (Phi) is 15.4. The SMILES string of the molecule is CCCC.CN.Cc1nc2c(C)cc(C(=O)NCC(c3cc4c(c(-c5ccnc(Cl)c5Cl)n3)OCC4C)C3(F)CC3)cc2s1.[CH3-].[U]. The zero-order chi connectivity index (χ0) is 32.2. The molecule has 0 bridgehead atoms. The van der Waals surface area contributed by atoms with Crippen LogP contribution in [0.25, 0.3) is 21.5 Å². The van der Waals surface area contributed by atoms with E-state index in [1.165, 1.54) is 19.9 Å². The zero-order valence-electron chi connectivity index (χ0n) is 27.6. The molecule has 1 amide bonds. The third-order valence-corrected chi connectivity index (χ3v) is 9.55. The van der Waals surface area contributed by atoms with Gasteiger partial charge in [-0.25, -0.2) is 19.3 Å². The Balaban J connectivity index is 0.000000857. The molecule has 0 spiro atoms. The smallest absolute Gasteiger partial charge is 0.251 e. The maximum Gasteiger partial charge on any atom is 0.251 e. The third kappa shape index (κ3) is 8.81. The molecule has 3 N–H and O–H groups in total. The van der Waals surface area contributed by atoms with Gasteiger partial charge in [-0.3, -0.25) is 4.79 Å². The van der Waals surface area contributed by atoms with Gasteiger partial charge in [-0.2, -0.15) is 0 Å². The molecule has 4 heterocycles. The van der Waals surface area contributed by atoms with E-state index in [1.54, 1.807) is 23.6 Å². The van der Waals surface area contributed by atoms with Crippen molar-refractivity contribution in [3.8, 4) is 17.0 Å². The molecule has 1 aliphatic carbocycles. The first-order valence-corrected chi connectivity index (χ1v) is 16.5. The number of unbranched alkanes of at least 4 members (excludes halogenated alkanes) is 1. The summed E-state index contributed by atoms with van der Waals surface area (Å²) in [6.07, 6.45) is 5.03. The minimum absolute atomic E-state index is 0. The Morgan fingerprint density at radius 1 is 1.17 bits per heavy atom. The first-order chi connectivity index (χ1) is 21.1. The van der Waals surface area contributed by atoms with E-state index >= 15 is 4.39 Å². The molecule has 46 heavy (non-hydrogen) atoms. The number of thiazole rings is 1. The largest absolute Gasteiger partial charge is 0.490 e. The molecule has 6 rings (SSSR count). The van der Waals surface area contributed by atoms with E-state index in [1.807, 2.05) is 32.0 Å². The number of hydrogen-bond acceptors (Lipinski definition) is 7. The van der Waals surface area contributed by atoms with Crippen LogP contribution in [0, 0.1) is 52.4 Å². The molecule has 2 unspecified atom stereocenters. The first-order valence-electron chi connectivity index (χ1n) is 15.0. The number of rotatable bonds is 7. The average Bonchev–Trinajstić information content (AvgIpc) is 3.46. The number of aromatic nitrogens is 3. The van der Waals surface area contributed by atoms with Gasteiger partial charge in [0.1, 0.15) is 22.3 Å². The molecule has 3 aromatic heterocycles. The average molecular weight is 914 g/mol. The molecule has 7 nitrogen and oxygen atoms in total. The van der Waals surface area contributed by atoms with Crippen LogP contribution in [0.4, 0.5) is 4.39 Å². The maximum atomic E-state index is 15.8. The normalized spacial score (nSPS) is 15.8. The van der Waals surface area contributed by atoms with Crippen molar-refractivity contribution in [1.29, 1.82) is 0 Å². The standard InChI is InChI=1S/C28H25Cl2FN4O2S.C4H10.CH5N.CH3.U/c1-13-8-16(9-21-23(13)34-15(3)38-21)27(36)33-11-19(28(31)5-6-28)20-10-18-14(2)12-37-25(18)24(35-20)17-4-7-32-26(30)22(17)29;1-3-4-2;1-2;;/h4,7-10,14,19H,5-6,11-12H2,1-3H3,(H,33,36);3-4H2,1-2H3;2H2,1H3;1H3;/q;;;-1;. The van der Waals surface area contributed by atoms with Gasteiger partial charge in [-0.1, -0.05) is 56.8 Å². The van der Waals surface area contributed by atoms with E-state index in [0.29, 0.717) is 47.7 Å². The molecule has 1 aliphatic heterocycles. The fraction of sp³-hybridized carbons (Fsp3) is 0.441. The first kappa shape index (κ1) is 40.4. The molecular weight excluding hydrogens is 870 g/mol. The molecule has 2 atom stereocenters. The number of nitrogens with one attached hydrogen (secondary N) is 1. The summed E-state index contributed by atoms with van der Waals surface area (Å²) in [6.45, 7) is 10.9. The Hall–Kier alpha value is -1.80. The summed E-state index contributed by atoms with van der Waals surface area (Å²) >= 11 is 14.2. The molecule has 1 fully saturated rings. The number of carbonyl (C=O) groups excluding carboxylic acids is 1. The van der Waals surface area contributed by atoms with Crippen molar-refractivity contribution in [1.82, 2.24) is 20.3 Å². The monoisotopic (exact) mass is 912 g/mol. The van der Waals surface area contributed by atoms with Crippen molar-refractivity contribution >= 4 is 50.7 Å². The van der Waals surface area contributed by atoms with Crippen molar-refractivity contribution in [2.75, 3.05) is 20.2 Å². The molecule has 4 aromatic rings. The number of pyridine rings is 2. The van der Waals surface area contributed by atoms with Gasteiger partial charge in [0.25, 0.3) is 5.91 Å². The molecule has 1 aromatic carbocycles. The molecule has 12 heteroatoms. The van der Waals surface area contributed by atoms with E-state index in [0.717, 1.165) is 26.4 Å². The zero-order valence-corrected chi connectivity index (χ0v) is 34.1. The van der Waals surface area contributed by atoms with Crippen LogP contribution in [-0.2, 0) is 0 Å². The van der Waals surface area contributed by atoms with Crippen molar-refractivity contribution in [3.63, 3.8) is 0 Å². The number of fused-ring (bicyclic) bond motifs is 2. The fourth-order valence-electron chi connectivity index (χ4n) is 5.11. The van der Waals surface area contributed by atoms with Crippen LogP contribution in [0.5, 0.6) is 5.75 Å². The summed E-state index contributed by atoms with van der Waals surface area (Å²) in [5, 5.41) is 4.35. The number of aryl methyl sites for hydroxylation is 2. The van der Waals surface area contributed by atoms with Gasteiger partial charge in [-0.05, 0) is 63.6 Å². The summed E-state index contributed by atoms with van der Waals surface area (Å²) in [4.78, 5) is 26.7. The molecule has 0 saturated heterocycles. The maximum absolute atomic E-state index is 15.8. The number of alkyl halides is 1. The van der Waals surface area contributed by atoms with Gasteiger partial charge in [0.05, 0.1) is 32.8 Å². The number of amides is 1. The van der Waals surface area contributed by atoms with Crippen LogP contribution in [0.1, 0.15) is 90.5 Å². The number of nitrogens with two attached hydrogens (primary N) is 1. The van der Waals surface area contributed by atoms with Crippen LogP contribution >= 0.6 is 34.5 Å². The summed E-state index contributed by atoms with van der Waals surface area (Å²) in [5.74, 6) is -0.156. The summed E-state index contributed by atoms with van der Waals surface area (Å²) in [7, 11) is 1.50. The predicted molar refractivity (Wildman–Crippen MR) is 186 cm³/mol. The van der Waals surface area contributed by atoms with Crippen molar-refractivity contribution < 1.29 is 45.0 Å². The molecule has 1 saturated carbocycles. The van der Waals surface area contributed by atoms with Gasteiger partial charge in [0, 0.05) is 72.2 Å². The minimum Gasteiger partial charge on any atom is -0.490 e. The number of nitrogens with zero attached hydrogens (tertiary/aromatic N) is 3. The van der Waals surface area contributed by atoms with Gasteiger partial charge in [-0.15, -0.1) is 11.3 Å². The number of benzene rings is 1. The second kappa shape index (κ2) is 17.6. The number of carbonyl (C=O) groups is 1. The van der Waals surface area contributed by atoms with Gasteiger partial charge < -0.3 is 23.2 Å². The fourth-order valence-corrected chi connectivity index (χ4v) is 6.41. The number of ether oxygens (including phenoxy) is 1. The van der Waals surface area contributed by atoms with Crippen LogP contribution in [0.2, 0.25) is 10.2 Å².